The average Bonchev–Trinajstić information content (AvgIpc) is 2.37. The number of carbonyl (C=O) groups excluding carboxylic acids is 1. The van der Waals surface area contributed by atoms with E-state index in [-0.39, 0.29) is 6.10 Å². The maximum Gasteiger partial charge on any atom is 0.143 e. The minimum absolute atomic E-state index is 0.286. The molecule has 1 rings (SSSR count). The topological polar surface area (TPSA) is 26.3 Å². The van der Waals surface area contributed by atoms with Crippen LogP contribution in [0.1, 0.15) is 33.1 Å². The zero-order chi connectivity index (χ0) is 13.2. The highest BCUT2D eigenvalue weighted by Gasteiger charge is 2.03. The highest BCUT2D eigenvalue weighted by Crippen LogP contribution is 2.17. The molecule has 0 saturated carbocycles. The first-order chi connectivity index (χ1) is 8.68. The number of unbranched alkanes of at least 4 members (excludes halogenated alkanes) is 1. The minimum atomic E-state index is 0.286. The molecule has 0 bridgehead atoms. The molecule has 0 atom stereocenters. The van der Waals surface area contributed by atoms with Crippen molar-refractivity contribution in [3.8, 4) is 0 Å². The van der Waals surface area contributed by atoms with E-state index in [4.69, 9.17) is 4.74 Å². The van der Waals surface area contributed by atoms with E-state index in [9.17, 15) is 4.79 Å². The third kappa shape index (κ3) is 7.51. The number of rotatable bonds is 9. The molecule has 2 nitrogen and oxygen atoms in total. The molecule has 0 aromatic heterocycles. The fourth-order valence-corrected chi connectivity index (χ4v) is 2.32. The first-order valence-electron chi connectivity index (χ1n) is 6.49. The maximum absolute atomic E-state index is 11.7. The lowest BCUT2D eigenvalue weighted by atomic mass is 10.2. The molecule has 0 fully saturated rings. The average molecular weight is 266 g/mol. The van der Waals surface area contributed by atoms with Gasteiger partial charge >= 0.3 is 0 Å². The molecular formula is C15H22O2S. The van der Waals surface area contributed by atoms with Crippen LogP contribution in [0.5, 0.6) is 0 Å². The molecule has 0 N–H and O–H groups in total. The number of ether oxygens (including phenoxy) is 1. The van der Waals surface area contributed by atoms with E-state index in [0.717, 1.165) is 24.3 Å². The summed E-state index contributed by atoms with van der Waals surface area (Å²) in [5, 5.41) is 0. The molecule has 100 valence electrons. The number of hydrogen-bond donors (Lipinski definition) is 0. The fourth-order valence-electron chi connectivity index (χ4n) is 1.50. The van der Waals surface area contributed by atoms with E-state index in [1.165, 1.54) is 0 Å². The summed E-state index contributed by atoms with van der Waals surface area (Å²) in [5.41, 5.74) is 0. The van der Waals surface area contributed by atoms with Crippen molar-refractivity contribution >= 4 is 17.5 Å². The molecular weight excluding hydrogens is 244 g/mol. The Hall–Kier alpha value is -0.800. The van der Waals surface area contributed by atoms with Crippen LogP contribution in [-0.2, 0) is 9.53 Å². The summed E-state index contributed by atoms with van der Waals surface area (Å²) in [6.07, 6.45) is 2.86. The number of thioether (sulfide) groups is 1. The van der Waals surface area contributed by atoms with Crippen LogP contribution in [0, 0.1) is 0 Å². The van der Waals surface area contributed by atoms with E-state index >= 15 is 0 Å². The zero-order valence-corrected chi connectivity index (χ0v) is 12.0. The summed E-state index contributed by atoms with van der Waals surface area (Å²) >= 11 is 1.62. The van der Waals surface area contributed by atoms with Crippen molar-refractivity contribution in [3.63, 3.8) is 0 Å². The summed E-state index contributed by atoms with van der Waals surface area (Å²) in [7, 11) is 0. The smallest absolute Gasteiger partial charge is 0.143 e. The number of carbonyl (C=O) groups is 1. The van der Waals surface area contributed by atoms with Gasteiger partial charge in [0.1, 0.15) is 5.78 Å². The molecule has 18 heavy (non-hydrogen) atoms. The standard InChI is InChI=1S/C15H22O2S/c1-13(2)17-11-7-6-8-14(16)12-18-15-9-4-3-5-10-15/h3-5,9-10,13H,6-8,11-12H2,1-2H3. The Morgan fingerprint density at radius 2 is 1.94 bits per heavy atom. The molecule has 0 unspecified atom stereocenters. The van der Waals surface area contributed by atoms with Crippen LogP contribution in [0.4, 0.5) is 0 Å². The van der Waals surface area contributed by atoms with Gasteiger partial charge in [-0.2, -0.15) is 0 Å². The van der Waals surface area contributed by atoms with Crippen LogP contribution in [-0.4, -0.2) is 24.2 Å². The first kappa shape index (κ1) is 15.3. The van der Waals surface area contributed by atoms with Crippen molar-refractivity contribution in [1.29, 1.82) is 0 Å². The molecule has 0 spiro atoms. The van der Waals surface area contributed by atoms with E-state index in [1.54, 1.807) is 11.8 Å². The Morgan fingerprint density at radius 1 is 1.22 bits per heavy atom. The van der Waals surface area contributed by atoms with Crippen molar-refractivity contribution in [2.75, 3.05) is 12.4 Å². The third-order valence-corrected chi connectivity index (χ3v) is 3.52. The summed E-state index contributed by atoms with van der Waals surface area (Å²) in [5.74, 6) is 0.906. The highest BCUT2D eigenvalue weighted by atomic mass is 32.2. The first-order valence-corrected chi connectivity index (χ1v) is 7.48. The SMILES string of the molecule is CC(C)OCCCCC(=O)CSc1ccccc1. The van der Waals surface area contributed by atoms with Crippen molar-refractivity contribution < 1.29 is 9.53 Å². The van der Waals surface area contributed by atoms with Gasteiger partial charge < -0.3 is 4.74 Å². The Kier molecular flexibility index (Phi) is 7.78. The second-order valence-electron chi connectivity index (χ2n) is 4.52. The van der Waals surface area contributed by atoms with Crippen molar-refractivity contribution in [3.05, 3.63) is 30.3 Å². The van der Waals surface area contributed by atoms with Gasteiger partial charge in [-0.05, 0) is 38.8 Å². The predicted molar refractivity (Wildman–Crippen MR) is 77.1 cm³/mol. The second kappa shape index (κ2) is 9.17. The van der Waals surface area contributed by atoms with E-state index in [0.29, 0.717) is 18.0 Å². The number of Topliss-reactive ketones (excluding diaryl/α,β-unsaturated/α-hetero) is 1. The van der Waals surface area contributed by atoms with Crippen LogP contribution in [0.15, 0.2) is 35.2 Å². The van der Waals surface area contributed by atoms with E-state index < -0.39 is 0 Å². The lowest BCUT2D eigenvalue weighted by Gasteiger charge is -2.06. The number of benzene rings is 1. The molecule has 0 aliphatic heterocycles. The lowest BCUT2D eigenvalue weighted by Crippen LogP contribution is -2.05. The van der Waals surface area contributed by atoms with Gasteiger partial charge in [-0.15, -0.1) is 11.8 Å². The molecule has 0 aliphatic rings. The summed E-state index contributed by atoms with van der Waals surface area (Å²) in [4.78, 5) is 12.8. The molecule has 0 radical (unpaired) electrons. The highest BCUT2D eigenvalue weighted by molar-refractivity contribution is 8.00. The largest absolute Gasteiger partial charge is 0.379 e. The maximum atomic E-state index is 11.7. The third-order valence-electron chi connectivity index (χ3n) is 2.44. The summed E-state index contributed by atoms with van der Waals surface area (Å²) < 4.78 is 5.44. The monoisotopic (exact) mass is 266 g/mol. The van der Waals surface area contributed by atoms with Gasteiger partial charge in [0, 0.05) is 17.9 Å². The van der Waals surface area contributed by atoms with E-state index in [2.05, 4.69) is 0 Å². The molecule has 0 heterocycles. The van der Waals surface area contributed by atoms with Crippen LogP contribution in [0.2, 0.25) is 0 Å². The van der Waals surface area contributed by atoms with Crippen LogP contribution in [0.25, 0.3) is 0 Å². The van der Waals surface area contributed by atoms with Gasteiger partial charge in [-0.1, -0.05) is 18.2 Å². The molecule has 3 heteroatoms. The summed E-state index contributed by atoms with van der Waals surface area (Å²) in [6, 6.07) is 10.1. The van der Waals surface area contributed by atoms with Crippen LogP contribution < -0.4 is 0 Å². The van der Waals surface area contributed by atoms with Gasteiger partial charge in [-0.3, -0.25) is 4.79 Å². The van der Waals surface area contributed by atoms with Crippen LogP contribution >= 0.6 is 11.8 Å². The fraction of sp³-hybridized carbons (Fsp3) is 0.533. The Labute approximate surface area is 114 Å². The van der Waals surface area contributed by atoms with Crippen LogP contribution in [0.3, 0.4) is 0 Å². The second-order valence-corrected chi connectivity index (χ2v) is 5.57. The number of hydrogen-bond acceptors (Lipinski definition) is 3. The minimum Gasteiger partial charge on any atom is -0.379 e. The van der Waals surface area contributed by atoms with E-state index in [1.807, 2.05) is 44.2 Å². The zero-order valence-electron chi connectivity index (χ0n) is 11.2. The van der Waals surface area contributed by atoms with Gasteiger partial charge in [0.15, 0.2) is 0 Å². The number of ketones is 1. The quantitative estimate of drug-likeness (QED) is 0.500. The Morgan fingerprint density at radius 3 is 2.61 bits per heavy atom. The van der Waals surface area contributed by atoms with Crippen molar-refractivity contribution in [2.45, 2.75) is 44.1 Å². The molecule has 1 aromatic carbocycles. The normalized spacial score (nSPS) is 10.8. The van der Waals surface area contributed by atoms with Gasteiger partial charge in [0.25, 0.3) is 0 Å². The molecule has 0 saturated heterocycles. The molecule has 0 aliphatic carbocycles. The van der Waals surface area contributed by atoms with Gasteiger partial charge in [0.05, 0.1) is 11.9 Å². The Bertz CT molecular complexity index is 336. The molecule has 1 aromatic rings. The van der Waals surface area contributed by atoms with Gasteiger partial charge in [0.2, 0.25) is 0 Å². The Balaban J connectivity index is 2.04. The molecule has 0 amide bonds. The van der Waals surface area contributed by atoms with Crippen molar-refractivity contribution in [1.82, 2.24) is 0 Å². The van der Waals surface area contributed by atoms with Gasteiger partial charge in [-0.25, -0.2) is 0 Å². The lowest BCUT2D eigenvalue weighted by molar-refractivity contribution is -0.116. The van der Waals surface area contributed by atoms with Crippen molar-refractivity contribution in [2.24, 2.45) is 0 Å². The predicted octanol–water partition coefficient (Wildman–Crippen LogP) is 3.94. The summed E-state index contributed by atoms with van der Waals surface area (Å²) in [6.45, 7) is 4.82.